The quantitative estimate of drug-likeness (QED) is 0.843. The number of carbonyl (C=O) groups excluding carboxylic acids is 1. The summed E-state index contributed by atoms with van der Waals surface area (Å²) < 4.78 is 0. The van der Waals surface area contributed by atoms with Crippen molar-refractivity contribution in [3.8, 4) is 5.75 Å². The van der Waals surface area contributed by atoms with E-state index in [2.05, 4.69) is 21.2 Å². The van der Waals surface area contributed by atoms with E-state index in [9.17, 15) is 4.79 Å². The zero-order valence-electron chi connectivity index (χ0n) is 10.2. The first-order valence-corrected chi connectivity index (χ1v) is 7.29. The predicted octanol–water partition coefficient (Wildman–Crippen LogP) is 3.08. The van der Waals surface area contributed by atoms with Gasteiger partial charge in [-0.15, -0.1) is 0 Å². The molecule has 0 spiro atoms. The third kappa shape index (κ3) is 3.48. The lowest BCUT2D eigenvalue weighted by Crippen LogP contribution is -2.34. The van der Waals surface area contributed by atoms with Gasteiger partial charge in [0.25, 0.3) is 5.91 Å². The Morgan fingerprint density at radius 3 is 2.61 bits per heavy atom. The van der Waals surface area contributed by atoms with Crippen LogP contribution < -0.4 is 5.32 Å². The van der Waals surface area contributed by atoms with Gasteiger partial charge in [0.1, 0.15) is 5.75 Å². The lowest BCUT2D eigenvalue weighted by atomic mass is 9.89. The van der Waals surface area contributed by atoms with Crippen LogP contribution in [0.1, 0.15) is 36.0 Å². The Hall–Kier alpha value is -1.03. The number of phenolic OH excluding ortho intramolecular Hbond substituents is 1. The topological polar surface area (TPSA) is 49.3 Å². The minimum Gasteiger partial charge on any atom is -0.508 e. The zero-order chi connectivity index (χ0) is 13.0. The number of benzene rings is 1. The van der Waals surface area contributed by atoms with Crippen LogP contribution in [0.3, 0.4) is 0 Å². The van der Waals surface area contributed by atoms with Crippen molar-refractivity contribution >= 4 is 21.8 Å². The normalized spacial score (nSPS) is 23.6. The molecule has 1 aliphatic carbocycles. The summed E-state index contributed by atoms with van der Waals surface area (Å²) in [5, 5.41) is 12.1. The summed E-state index contributed by atoms with van der Waals surface area (Å²) in [5.74, 6) is 0.638. The van der Waals surface area contributed by atoms with E-state index in [-0.39, 0.29) is 11.7 Å². The lowest BCUT2D eigenvalue weighted by molar-refractivity contribution is 0.0944. The van der Waals surface area contributed by atoms with Crippen LogP contribution in [0.4, 0.5) is 0 Å². The first-order valence-electron chi connectivity index (χ1n) is 6.38. The molecule has 2 N–H and O–H groups in total. The average Bonchev–Trinajstić information content (AvgIpc) is 2.38. The molecule has 1 aromatic rings. The van der Waals surface area contributed by atoms with Crippen molar-refractivity contribution < 1.29 is 9.90 Å². The fourth-order valence-electron chi connectivity index (χ4n) is 2.33. The summed E-state index contributed by atoms with van der Waals surface area (Å²) in [6.07, 6.45) is 4.89. The third-order valence-electron chi connectivity index (χ3n) is 3.47. The number of carbonyl (C=O) groups is 1. The number of aromatic hydroxyl groups is 1. The summed E-state index contributed by atoms with van der Waals surface area (Å²) >= 11 is 3.69. The second-order valence-corrected chi connectivity index (χ2v) is 5.99. The number of halogens is 1. The molecule has 4 heteroatoms. The smallest absolute Gasteiger partial charge is 0.251 e. The zero-order valence-corrected chi connectivity index (χ0v) is 11.8. The molecule has 18 heavy (non-hydrogen) atoms. The van der Waals surface area contributed by atoms with E-state index in [0.717, 1.165) is 6.54 Å². The number of rotatable bonds is 3. The predicted molar refractivity (Wildman–Crippen MR) is 75.1 cm³/mol. The van der Waals surface area contributed by atoms with E-state index in [4.69, 9.17) is 5.11 Å². The van der Waals surface area contributed by atoms with Crippen molar-refractivity contribution in [2.45, 2.75) is 30.5 Å². The van der Waals surface area contributed by atoms with Crippen molar-refractivity contribution in [2.75, 3.05) is 6.54 Å². The van der Waals surface area contributed by atoms with Gasteiger partial charge in [-0.25, -0.2) is 0 Å². The van der Waals surface area contributed by atoms with Crippen molar-refractivity contribution in [1.82, 2.24) is 5.32 Å². The van der Waals surface area contributed by atoms with Gasteiger partial charge in [-0.2, -0.15) is 0 Å². The third-order valence-corrected chi connectivity index (χ3v) is 4.68. The van der Waals surface area contributed by atoms with E-state index >= 15 is 0 Å². The van der Waals surface area contributed by atoms with E-state index in [0.29, 0.717) is 16.3 Å². The van der Waals surface area contributed by atoms with Crippen molar-refractivity contribution in [3.63, 3.8) is 0 Å². The summed E-state index contributed by atoms with van der Waals surface area (Å²) in [7, 11) is 0. The summed E-state index contributed by atoms with van der Waals surface area (Å²) in [5.41, 5.74) is 0.592. The van der Waals surface area contributed by atoms with Gasteiger partial charge in [0.05, 0.1) is 0 Å². The van der Waals surface area contributed by atoms with Crippen LogP contribution in [-0.2, 0) is 0 Å². The fraction of sp³-hybridized carbons (Fsp3) is 0.500. The summed E-state index contributed by atoms with van der Waals surface area (Å²) in [4.78, 5) is 12.4. The largest absolute Gasteiger partial charge is 0.508 e. The Bertz CT molecular complexity index is 405. The number of nitrogens with one attached hydrogen (secondary N) is 1. The number of amides is 1. The van der Waals surface area contributed by atoms with Crippen LogP contribution in [0.2, 0.25) is 0 Å². The molecule has 0 bridgehead atoms. The minimum absolute atomic E-state index is 0.0692. The SMILES string of the molecule is O=C(NCC1CCCCC1Br)c1ccc(O)cc1. The molecule has 2 rings (SSSR count). The highest BCUT2D eigenvalue weighted by Crippen LogP contribution is 2.29. The molecule has 0 aromatic heterocycles. The second-order valence-electron chi connectivity index (χ2n) is 4.82. The molecule has 2 unspecified atom stereocenters. The number of phenols is 1. The maximum Gasteiger partial charge on any atom is 0.251 e. The highest BCUT2D eigenvalue weighted by molar-refractivity contribution is 9.09. The van der Waals surface area contributed by atoms with Crippen LogP contribution >= 0.6 is 15.9 Å². The molecule has 3 nitrogen and oxygen atoms in total. The van der Waals surface area contributed by atoms with Crippen molar-refractivity contribution in [2.24, 2.45) is 5.92 Å². The molecule has 1 aliphatic rings. The summed E-state index contributed by atoms with van der Waals surface area (Å²) in [6.45, 7) is 0.718. The van der Waals surface area contributed by atoms with Gasteiger partial charge < -0.3 is 10.4 Å². The Balaban J connectivity index is 1.86. The average molecular weight is 312 g/mol. The maximum absolute atomic E-state index is 11.9. The molecule has 0 radical (unpaired) electrons. The number of hydrogen-bond acceptors (Lipinski definition) is 2. The minimum atomic E-state index is -0.0692. The van der Waals surface area contributed by atoms with Gasteiger partial charge in [0.2, 0.25) is 0 Å². The Kier molecular flexibility index (Phi) is 4.64. The van der Waals surface area contributed by atoms with E-state index in [1.807, 2.05) is 0 Å². The second kappa shape index (κ2) is 6.23. The molecule has 1 amide bonds. The van der Waals surface area contributed by atoms with Crippen LogP contribution in [0.25, 0.3) is 0 Å². The number of hydrogen-bond donors (Lipinski definition) is 2. The molecule has 0 aliphatic heterocycles. The van der Waals surface area contributed by atoms with Gasteiger partial charge >= 0.3 is 0 Å². The van der Waals surface area contributed by atoms with Gasteiger partial charge in [-0.05, 0) is 43.0 Å². The van der Waals surface area contributed by atoms with Crippen molar-refractivity contribution in [3.05, 3.63) is 29.8 Å². The van der Waals surface area contributed by atoms with Crippen LogP contribution in [0, 0.1) is 5.92 Å². The Morgan fingerprint density at radius 2 is 1.94 bits per heavy atom. The molecule has 2 atom stereocenters. The number of alkyl halides is 1. The van der Waals surface area contributed by atoms with Crippen LogP contribution in [0.5, 0.6) is 5.75 Å². The lowest BCUT2D eigenvalue weighted by Gasteiger charge is -2.27. The standard InChI is InChI=1S/C14H18BrNO2/c15-13-4-2-1-3-11(13)9-16-14(18)10-5-7-12(17)8-6-10/h5-8,11,13,17H,1-4,9H2,(H,16,18). The Labute approximate surface area is 116 Å². The molecular weight excluding hydrogens is 294 g/mol. The molecule has 0 heterocycles. The van der Waals surface area contributed by atoms with E-state index in [1.165, 1.54) is 37.8 Å². The van der Waals surface area contributed by atoms with E-state index in [1.54, 1.807) is 12.1 Å². The summed E-state index contributed by atoms with van der Waals surface area (Å²) in [6, 6.07) is 6.33. The van der Waals surface area contributed by atoms with Gasteiger partial charge in [-0.3, -0.25) is 4.79 Å². The molecule has 98 valence electrons. The van der Waals surface area contributed by atoms with Crippen LogP contribution in [0.15, 0.2) is 24.3 Å². The molecule has 1 aromatic carbocycles. The monoisotopic (exact) mass is 311 g/mol. The molecular formula is C14H18BrNO2. The Morgan fingerprint density at radius 1 is 1.28 bits per heavy atom. The van der Waals surface area contributed by atoms with Gasteiger partial charge in [0, 0.05) is 16.9 Å². The first-order chi connectivity index (χ1) is 8.66. The van der Waals surface area contributed by atoms with Gasteiger partial charge in [0.15, 0.2) is 0 Å². The van der Waals surface area contributed by atoms with Crippen molar-refractivity contribution in [1.29, 1.82) is 0 Å². The highest BCUT2D eigenvalue weighted by atomic mass is 79.9. The maximum atomic E-state index is 11.9. The van der Waals surface area contributed by atoms with E-state index < -0.39 is 0 Å². The molecule has 1 fully saturated rings. The fourth-order valence-corrected chi connectivity index (χ4v) is 3.11. The van der Waals surface area contributed by atoms with Crippen LogP contribution in [-0.4, -0.2) is 22.4 Å². The molecule has 1 saturated carbocycles. The first kappa shape index (κ1) is 13.4. The molecule has 0 saturated heterocycles. The van der Waals surface area contributed by atoms with Gasteiger partial charge in [-0.1, -0.05) is 28.8 Å². The highest BCUT2D eigenvalue weighted by Gasteiger charge is 2.23.